The van der Waals surface area contributed by atoms with Crippen LogP contribution in [0.2, 0.25) is 0 Å². The molecule has 0 aromatic carbocycles. The Morgan fingerprint density at radius 3 is 2.56 bits per heavy atom. The van der Waals surface area contributed by atoms with Gasteiger partial charge in [0.1, 0.15) is 0 Å². The lowest BCUT2D eigenvalue weighted by atomic mass is 10.2. The van der Waals surface area contributed by atoms with E-state index < -0.39 is 5.97 Å². The zero-order valence-electron chi connectivity index (χ0n) is 5.48. The Balaban J connectivity index is 3.39. The monoisotopic (exact) mass is 129 g/mol. The predicted octanol–water partition coefficient (Wildman–Crippen LogP) is 1.28. The summed E-state index contributed by atoms with van der Waals surface area (Å²) in [5, 5.41) is 15.2. The number of aliphatic carboxylic acids is 1. The number of rotatable bonds is 4. The summed E-state index contributed by atoms with van der Waals surface area (Å²) in [6, 6.07) is 0. The van der Waals surface area contributed by atoms with Gasteiger partial charge in [0, 0.05) is 5.71 Å². The average molecular weight is 129 g/mol. The van der Waals surface area contributed by atoms with Gasteiger partial charge in [-0.25, -0.2) is 0 Å². The highest BCUT2D eigenvalue weighted by molar-refractivity contribution is 5.96. The van der Waals surface area contributed by atoms with Crippen molar-refractivity contribution in [3.8, 4) is 0 Å². The predicted molar refractivity (Wildman–Crippen MR) is 34.9 cm³/mol. The number of carbonyl (C=O) groups is 1. The van der Waals surface area contributed by atoms with Gasteiger partial charge in [0.2, 0.25) is 0 Å². The second kappa shape index (κ2) is 4.06. The van der Waals surface area contributed by atoms with E-state index in [-0.39, 0.29) is 6.42 Å². The molecule has 0 saturated heterocycles. The SMILES string of the molecule is CCCC(=N)CC(=O)O. The van der Waals surface area contributed by atoms with Crippen molar-refractivity contribution in [2.45, 2.75) is 26.2 Å². The summed E-state index contributed by atoms with van der Waals surface area (Å²) in [5.74, 6) is -0.909. The van der Waals surface area contributed by atoms with Gasteiger partial charge in [0.05, 0.1) is 6.42 Å². The van der Waals surface area contributed by atoms with Crippen LogP contribution in [0.5, 0.6) is 0 Å². The van der Waals surface area contributed by atoms with E-state index in [2.05, 4.69) is 0 Å². The van der Waals surface area contributed by atoms with E-state index in [0.29, 0.717) is 12.1 Å². The molecule has 0 aliphatic rings. The standard InChI is InChI=1S/C6H11NO2/c1-2-3-5(7)4-6(8)9/h7H,2-4H2,1H3,(H,8,9). The Morgan fingerprint density at radius 1 is 1.67 bits per heavy atom. The highest BCUT2D eigenvalue weighted by Crippen LogP contribution is 1.93. The summed E-state index contributed by atoms with van der Waals surface area (Å²) < 4.78 is 0. The van der Waals surface area contributed by atoms with E-state index in [1.165, 1.54) is 0 Å². The van der Waals surface area contributed by atoms with Crippen LogP contribution in [-0.2, 0) is 4.79 Å². The van der Waals surface area contributed by atoms with Crippen LogP contribution in [0.1, 0.15) is 26.2 Å². The molecule has 0 fully saturated rings. The van der Waals surface area contributed by atoms with Gasteiger partial charge in [-0.15, -0.1) is 0 Å². The van der Waals surface area contributed by atoms with Gasteiger partial charge in [0.25, 0.3) is 0 Å². The maximum absolute atomic E-state index is 9.94. The van der Waals surface area contributed by atoms with Crippen molar-refractivity contribution in [2.24, 2.45) is 0 Å². The lowest BCUT2D eigenvalue weighted by molar-refractivity contribution is -0.135. The van der Waals surface area contributed by atoms with Crippen molar-refractivity contribution in [2.75, 3.05) is 0 Å². The summed E-state index contributed by atoms with van der Waals surface area (Å²) >= 11 is 0. The fourth-order valence-electron chi connectivity index (χ4n) is 0.573. The molecule has 0 aliphatic heterocycles. The summed E-state index contributed by atoms with van der Waals surface area (Å²) in [5.41, 5.74) is 0.310. The molecule has 3 nitrogen and oxygen atoms in total. The van der Waals surface area contributed by atoms with Gasteiger partial charge in [-0.3, -0.25) is 4.79 Å². The summed E-state index contributed by atoms with van der Waals surface area (Å²) in [6.07, 6.45) is 1.35. The van der Waals surface area contributed by atoms with Crippen LogP contribution in [0.25, 0.3) is 0 Å². The van der Waals surface area contributed by atoms with Crippen LogP contribution in [0.4, 0.5) is 0 Å². The van der Waals surface area contributed by atoms with Crippen molar-refractivity contribution in [3.63, 3.8) is 0 Å². The lowest BCUT2D eigenvalue weighted by Gasteiger charge is -1.94. The minimum Gasteiger partial charge on any atom is -0.481 e. The Kier molecular flexibility index (Phi) is 3.67. The molecule has 9 heavy (non-hydrogen) atoms. The first-order valence-electron chi connectivity index (χ1n) is 2.95. The third-order valence-electron chi connectivity index (χ3n) is 0.916. The van der Waals surface area contributed by atoms with E-state index in [1.807, 2.05) is 6.92 Å². The van der Waals surface area contributed by atoms with E-state index in [1.54, 1.807) is 0 Å². The molecule has 0 aliphatic carbocycles. The van der Waals surface area contributed by atoms with Crippen molar-refractivity contribution < 1.29 is 9.90 Å². The molecule has 0 saturated carbocycles. The second-order valence-electron chi connectivity index (χ2n) is 1.92. The Bertz CT molecular complexity index is 120. The van der Waals surface area contributed by atoms with Crippen molar-refractivity contribution in [1.29, 1.82) is 5.41 Å². The molecule has 2 N–H and O–H groups in total. The molecule has 3 heteroatoms. The molecule has 0 spiro atoms. The molecule has 0 rings (SSSR count). The quantitative estimate of drug-likeness (QED) is 0.561. The van der Waals surface area contributed by atoms with Gasteiger partial charge in [0.15, 0.2) is 0 Å². The van der Waals surface area contributed by atoms with Crippen LogP contribution in [0.15, 0.2) is 0 Å². The summed E-state index contributed by atoms with van der Waals surface area (Å²) in [7, 11) is 0. The number of nitrogens with one attached hydrogen (secondary N) is 1. The van der Waals surface area contributed by atoms with Crippen LogP contribution in [-0.4, -0.2) is 16.8 Å². The Labute approximate surface area is 54.2 Å². The Hall–Kier alpha value is -0.860. The van der Waals surface area contributed by atoms with Gasteiger partial charge in [-0.2, -0.15) is 0 Å². The third kappa shape index (κ3) is 5.00. The minimum atomic E-state index is -0.909. The topological polar surface area (TPSA) is 61.2 Å². The van der Waals surface area contributed by atoms with Crippen LogP contribution < -0.4 is 0 Å². The zero-order chi connectivity index (χ0) is 7.28. The number of carboxylic acids is 1. The fraction of sp³-hybridized carbons (Fsp3) is 0.667. The van der Waals surface area contributed by atoms with Gasteiger partial charge in [-0.1, -0.05) is 13.3 Å². The third-order valence-corrected chi connectivity index (χ3v) is 0.916. The van der Waals surface area contributed by atoms with E-state index in [9.17, 15) is 4.79 Å². The molecule has 0 amide bonds. The molecule has 0 aromatic heterocycles. The average Bonchev–Trinajstić information content (AvgIpc) is 1.63. The summed E-state index contributed by atoms with van der Waals surface area (Å²) in [6.45, 7) is 1.93. The highest BCUT2D eigenvalue weighted by Gasteiger charge is 2.00. The van der Waals surface area contributed by atoms with E-state index in [0.717, 1.165) is 6.42 Å². The van der Waals surface area contributed by atoms with Crippen molar-refractivity contribution in [1.82, 2.24) is 0 Å². The van der Waals surface area contributed by atoms with E-state index >= 15 is 0 Å². The molecule has 0 bridgehead atoms. The van der Waals surface area contributed by atoms with Crippen molar-refractivity contribution in [3.05, 3.63) is 0 Å². The number of hydrogen-bond acceptors (Lipinski definition) is 2. The number of hydrogen-bond donors (Lipinski definition) is 2. The first kappa shape index (κ1) is 8.14. The van der Waals surface area contributed by atoms with Crippen LogP contribution in [0.3, 0.4) is 0 Å². The summed E-state index contributed by atoms with van der Waals surface area (Å²) in [4.78, 5) is 9.94. The van der Waals surface area contributed by atoms with Crippen LogP contribution >= 0.6 is 0 Å². The molecule has 52 valence electrons. The smallest absolute Gasteiger partial charge is 0.309 e. The fourth-order valence-corrected chi connectivity index (χ4v) is 0.573. The largest absolute Gasteiger partial charge is 0.481 e. The molecule has 0 radical (unpaired) electrons. The molecule has 0 heterocycles. The molecule has 0 unspecified atom stereocenters. The van der Waals surface area contributed by atoms with Crippen molar-refractivity contribution >= 4 is 11.7 Å². The van der Waals surface area contributed by atoms with E-state index in [4.69, 9.17) is 10.5 Å². The normalized spacial score (nSPS) is 9.00. The highest BCUT2D eigenvalue weighted by atomic mass is 16.4. The van der Waals surface area contributed by atoms with Gasteiger partial charge in [-0.05, 0) is 6.42 Å². The minimum absolute atomic E-state index is 0.103. The molecular formula is C6H11NO2. The zero-order valence-corrected chi connectivity index (χ0v) is 5.48. The maximum Gasteiger partial charge on any atom is 0.309 e. The lowest BCUT2D eigenvalue weighted by Crippen LogP contribution is -2.04. The Morgan fingerprint density at radius 2 is 2.22 bits per heavy atom. The first-order chi connectivity index (χ1) is 4.16. The number of carboxylic acid groups (broad SMARTS) is 1. The molecule has 0 atom stereocenters. The van der Waals surface area contributed by atoms with Gasteiger partial charge >= 0.3 is 5.97 Å². The van der Waals surface area contributed by atoms with Gasteiger partial charge < -0.3 is 10.5 Å². The molecule has 0 aromatic rings. The first-order valence-corrected chi connectivity index (χ1v) is 2.95. The van der Waals surface area contributed by atoms with Crippen LogP contribution in [0, 0.1) is 5.41 Å². The second-order valence-corrected chi connectivity index (χ2v) is 1.92. The molecular weight excluding hydrogens is 118 g/mol. The maximum atomic E-state index is 9.94.